The van der Waals surface area contributed by atoms with Gasteiger partial charge in [-0.15, -0.1) is 0 Å². The number of piperidine rings is 1. The van der Waals surface area contributed by atoms with Crippen LogP contribution in [0, 0.1) is 10.1 Å². The Morgan fingerprint density at radius 1 is 1.08 bits per heavy atom. The molecule has 0 aliphatic carbocycles. The zero-order valence-corrected chi connectivity index (χ0v) is 14.4. The lowest BCUT2D eigenvalue weighted by Crippen LogP contribution is -2.30. The molecule has 0 saturated carbocycles. The van der Waals surface area contributed by atoms with Crippen LogP contribution in [0.15, 0.2) is 54.1 Å². The molecule has 1 saturated heterocycles. The summed E-state index contributed by atoms with van der Waals surface area (Å²) in [5.41, 5.74) is 7.79. The number of hydrogen-bond donors (Lipinski definition) is 1. The lowest BCUT2D eigenvalue weighted by Gasteiger charge is -2.28. The summed E-state index contributed by atoms with van der Waals surface area (Å²) in [5, 5.41) is 16.1. The van der Waals surface area contributed by atoms with Crippen molar-refractivity contribution in [1.82, 2.24) is 5.43 Å². The Hall–Kier alpha value is -3.15. The van der Waals surface area contributed by atoms with Crippen LogP contribution in [-0.4, -0.2) is 23.7 Å². The molecule has 0 unspecified atom stereocenters. The molecule has 0 radical (unpaired) electrons. The van der Waals surface area contributed by atoms with Crippen molar-refractivity contribution in [2.75, 3.05) is 18.0 Å². The second kappa shape index (κ2) is 6.63. The Labute approximate surface area is 152 Å². The van der Waals surface area contributed by atoms with Crippen LogP contribution >= 0.6 is 0 Å². The molecule has 0 aromatic heterocycles. The number of anilines is 1. The first-order chi connectivity index (χ1) is 12.6. The van der Waals surface area contributed by atoms with Crippen LogP contribution in [-0.2, 0) is 0 Å². The van der Waals surface area contributed by atoms with Gasteiger partial charge in [-0.2, -0.15) is 5.10 Å². The predicted molar refractivity (Wildman–Crippen MR) is 103 cm³/mol. The van der Waals surface area contributed by atoms with Gasteiger partial charge in [-0.3, -0.25) is 15.5 Å². The van der Waals surface area contributed by atoms with Crippen molar-refractivity contribution < 1.29 is 4.92 Å². The van der Waals surface area contributed by atoms with Gasteiger partial charge in [0.1, 0.15) is 5.69 Å². The summed E-state index contributed by atoms with van der Waals surface area (Å²) in [4.78, 5) is 13.5. The van der Waals surface area contributed by atoms with Gasteiger partial charge in [-0.1, -0.05) is 36.9 Å². The van der Waals surface area contributed by atoms with E-state index >= 15 is 0 Å². The van der Waals surface area contributed by atoms with Crippen LogP contribution in [0.1, 0.15) is 36.0 Å². The molecule has 0 amide bonds. The molecular weight excluding hydrogens is 328 g/mol. The fourth-order valence-corrected chi connectivity index (χ4v) is 3.64. The van der Waals surface area contributed by atoms with Gasteiger partial charge in [-0.05, 0) is 25.3 Å². The number of hydrazone groups is 1. The number of nitrogens with one attached hydrogen (secondary N) is 1. The third-order valence-corrected chi connectivity index (χ3v) is 4.95. The van der Waals surface area contributed by atoms with Crippen molar-refractivity contribution in [3.8, 4) is 0 Å². The largest absolute Gasteiger partial charge is 0.366 e. The maximum Gasteiger partial charge on any atom is 0.293 e. The summed E-state index contributed by atoms with van der Waals surface area (Å²) in [6.07, 6.45) is 3.33. The van der Waals surface area contributed by atoms with Crippen molar-refractivity contribution in [2.45, 2.75) is 19.3 Å². The minimum Gasteiger partial charge on any atom is -0.366 e. The molecule has 132 valence electrons. The fraction of sp³-hybridized carbons (Fsp3) is 0.250. The van der Waals surface area contributed by atoms with Crippen molar-refractivity contribution in [3.63, 3.8) is 0 Å². The molecule has 2 heterocycles. The van der Waals surface area contributed by atoms with E-state index in [0.29, 0.717) is 11.4 Å². The van der Waals surface area contributed by atoms with Crippen LogP contribution < -0.4 is 10.3 Å². The summed E-state index contributed by atoms with van der Waals surface area (Å²) >= 11 is 0. The van der Waals surface area contributed by atoms with E-state index in [1.54, 1.807) is 6.07 Å². The third kappa shape index (κ3) is 2.83. The van der Waals surface area contributed by atoms with Crippen LogP contribution in [0.4, 0.5) is 11.4 Å². The van der Waals surface area contributed by atoms with Gasteiger partial charge in [0.05, 0.1) is 16.3 Å². The zero-order valence-electron chi connectivity index (χ0n) is 14.4. The minimum absolute atomic E-state index is 0.133. The molecule has 2 aromatic carbocycles. The molecule has 4 rings (SSSR count). The highest BCUT2D eigenvalue weighted by Gasteiger charge is 2.25. The van der Waals surface area contributed by atoms with Gasteiger partial charge in [0, 0.05) is 35.8 Å². The molecule has 2 aliphatic rings. The number of rotatable bonds is 3. The average molecular weight is 348 g/mol. The van der Waals surface area contributed by atoms with Gasteiger partial charge in [0.2, 0.25) is 0 Å². The molecule has 0 atom stereocenters. The quantitative estimate of drug-likeness (QED) is 0.674. The maximum absolute atomic E-state index is 11.7. The van der Waals surface area contributed by atoms with Crippen LogP contribution in [0.3, 0.4) is 0 Å². The van der Waals surface area contributed by atoms with Gasteiger partial charge < -0.3 is 4.90 Å². The maximum atomic E-state index is 11.7. The Kier molecular flexibility index (Phi) is 4.16. The van der Waals surface area contributed by atoms with E-state index in [4.69, 9.17) is 0 Å². The van der Waals surface area contributed by atoms with Gasteiger partial charge >= 0.3 is 0 Å². The van der Waals surface area contributed by atoms with E-state index in [9.17, 15) is 10.1 Å². The van der Waals surface area contributed by atoms with Crippen LogP contribution in [0.25, 0.3) is 5.70 Å². The standard InChI is InChI=1S/C20H20N4O2/c1-14-16-7-3-4-8-17(16)20(22-21-14)15-9-10-18(19(13-15)24(25)26)23-11-5-2-6-12-23/h3-4,7-10,13,21H,1-2,5-6,11-12H2. The molecule has 2 aromatic rings. The van der Waals surface area contributed by atoms with Gasteiger partial charge in [0.15, 0.2) is 0 Å². The molecule has 2 aliphatic heterocycles. The summed E-state index contributed by atoms with van der Waals surface area (Å²) in [6, 6.07) is 13.2. The zero-order chi connectivity index (χ0) is 18.1. The van der Waals surface area contributed by atoms with E-state index < -0.39 is 0 Å². The molecule has 6 heteroatoms. The second-order valence-electron chi connectivity index (χ2n) is 6.60. The Balaban J connectivity index is 1.77. The predicted octanol–water partition coefficient (Wildman–Crippen LogP) is 3.91. The SMILES string of the molecule is C=C1NN=C(c2ccc(N3CCCCC3)c([N+](=O)[O-])c2)c2ccccc21. The molecule has 6 nitrogen and oxygen atoms in total. The number of benzene rings is 2. The summed E-state index contributed by atoms with van der Waals surface area (Å²) in [7, 11) is 0. The van der Waals surface area contributed by atoms with E-state index in [1.165, 1.54) is 6.42 Å². The topological polar surface area (TPSA) is 70.8 Å². The smallest absolute Gasteiger partial charge is 0.293 e. The first kappa shape index (κ1) is 16.3. The minimum atomic E-state index is -0.297. The highest BCUT2D eigenvalue weighted by Crippen LogP contribution is 2.33. The summed E-state index contributed by atoms with van der Waals surface area (Å²) < 4.78 is 0. The second-order valence-corrected chi connectivity index (χ2v) is 6.60. The van der Waals surface area contributed by atoms with Crippen LogP contribution in [0.5, 0.6) is 0 Å². The highest BCUT2D eigenvalue weighted by molar-refractivity contribution is 6.16. The fourth-order valence-electron chi connectivity index (χ4n) is 3.64. The normalized spacial score (nSPS) is 16.5. The average Bonchev–Trinajstić information content (AvgIpc) is 2.69. The van der Waals surface area contributed by atoms with Crippen LogP contribution in [0.2, 0.25) is 0 Å². The number of nitro benzene ring substituents is 1. The molecule has 1 N–H and O–H groups in total. The van der Waals surface area contributed by atoms with Gasteiger partial charge in [0.25, 0.3) is 5.69 Å². The molecular formula is C20H20N4O2. The number of fused-ring (bicyclic) bond motifs is 1. The van der Waals surface area contributed by atoms with Crippen molar-refractivity contribution >= 4 is 22.8 Å². The lowest BCUT2D eigenvalue weighted by atomic mass is 9.94. The molecule has 0 bridgehead atoms. The van der Waals surface area contributed by atoms with E-state index in [0.717, 1.165) is 48.3 Å². The van der Waals surface area contributed by atoms with Crippen molar-refractivity contribution in [1.29, 1.82) is 0 Å². The third-order valence-electron chi connectivity index (χ3n) is 4.95. The Morgan fingerprint density at radius 3 is 2.54 bits per heavy atom. The number of nitro groups is 1. The summed E-state index contributed by atoms with van der Waals surface area (Å²) in [6.45, 7) is 5.70. The van der Waals surface area contributed by atoms with E-state index in [2.05, 4.69) is 22.0 Å². The van der Waals surface area contributed by atoms with E-state index in [-0.39, 0.29) is 10.6 Å². The Morgan fingerprint density at radius 2 is 1.81 bits per heavy atom. The lowest BCUT2D eigenvalue weighted by molar-refractivity contribution is -0.384. The molecule has 1 fully saturated rings. The molecule has 0 spiro atoms. The Bertz CT molecular complexity index is 914. The van der Waals surface area contributed by atoms with Crippen molar-refractivity contribution in [3.05, 3.63) is 75.8 Å². The first-order valence-corrected chi connectivity index (χ1v) is 8.81. The van der Waals surface area contributed by atoms with E-state index in [1.807, 2.05) is 36.4 Å². The number of hydrogen-bond acceptors (Lipinski definition) is 5. The molecule has 26 heavy (non-hydrogen) atoms. The van der Waals surface area contributed by atoms with Gasteiger partial charge in [-0.25, -0.2) is 0 Å². The highest BCUT2D eigenvalue weighted by atomic mass is 16.6. The van der Waals surface area contributed by atoms with Crippen molar-refractivity contribution in [2.24, 2.45) is 5.10 Å². The number of nitrogens with zero attached hydrogens (tertiary/aromatic N) is 3. The summed E-state index contributed by atoms with van der Waals surface area (Å²) in [5.74, 6) is 0. The monoisotopic (exact) mass is 348 g/mol. The first-order valence-electron chi connectivity index (χ1n) is 8.81.